The summed E-state index contributed by atoms with van der Waals surface area (Å²) in [6.45, 7) is 3.27. The lowest BCUT2D eigenvalue weighted by Crippen LogP contribution is -2.33. The number of methoxy groups -OCH3 is 1. The summed E-state index contributed by atoms with van der Waals surface area (Å²) < 4.78 is 48.4. The molecule has 3 heterocycles. The molecule has 11 nitrogen and oxygen atoms in total. The average Bonchev–Trinajstić information content (AvgIpc) is 3.57. The summed E-state index contributed by atoms with van der Waals surface area (Å²) >= 11 is 7.16. The third-order valence-corrected chi connectivity index (χ3v) is 10.1. The smallest absolute Gasteiger partial charge is 0.433 e. The number of aromatic nitrogens is 4. The fourth-order valence-corrected chi connectivity index (χ4v) is 7.19. The van der Waals surface area contributed by atoms with Crippen molar-refractivity contribution in [3.05, 3.63) is 92.5 Å². The maximum absolute atomic E-state index is 13.8. The number of halogens is 4. The van der Waals surface area contributed by atoms with Gasteiger partial charge in [0.2, 0.25) is 5.88 Å². The third-order valence-electron chi connectivity index (χ3n) is 9.68. The van der Waals surface area contributed by atoms with Crippen LogP contribution in [0.4, 0.5) is 29.5 Å². The lowest BCUT2D eigenvalue weighted by atomic mass is 9.96. The van der Waals surface area contributed by atoms with Gasteiger partial charge in [0.15, 0.2) is 0 Å². The number of amides is 2. The molecule has 1 aliphatic carbocycles. The van der Waals surface area contributed by atoms with Gasteiger partial charge in [-0.1, -0.05) is 41.9 Å². The molecule has 0 radical (unpaired) electrons. The summed E-state index contributed by atoms with van der Waals surface area (Å²) in [6, 6.07) is 13.8. The lowest BCUT2D eigenvalue weighted by Gasteiger charge is -2.26. The number of unbranched alkanes of at least 4 members (excludes halogenated alkanes) is 1. The Bertz CT molecular complexity index is 2240. The number of fused-ring (bicyclic) bond motifs is 2. The van der Waals surface area contributed by atoms with Crippen LogP contribution >= 0.6 is 11.6 Å². The van der Waals surface area contributed by atoms with Gasteiger partial charge in [-0.05, 0) is 81.1 Å². The van der Waals surface area contributed by atoms with Crippen molar-refractivity contribution < 1.29 is 22.7 Å². The van der Waals surface area contributed by atoms with Crippen LogP contribution in [0.15, 0.2) is 59.5 Å². The van der Waals surface area contributed by atoms with Crippen molar-refractivity contribution in [1.29, 1.82) is 0 Å². The number of benzene rings is 2. The first-order chi connectivity index (χ1) is 25.3. The molecule has 1 atom stereocenters. The highest BCUT2D eigenvalue weighted by molar-refractivity contribution is 6.36. The molecule has 0 saturated carbocycles. The summed E-state index contributed by atoms with van der Waals surface area (Å²) in [5, 5.41) is 12.7. The molecular formula is C38H40ClF3N8O3. The van der Waals surface area contributed by atoms with Crippen molar-refractivity contribution in [1.82, 2.24) is 35.3 Å². The molecule has 0 bridgehead atoms. The van der Waals surface area contributed by atoms with E-state index in [1.165, 1.54) is 13.2 Å². The second-order valence-electron chi connectivity index (χ2n) is 13.0. The minimum absolute atomic E-state index is 0.0134. The van der Waals surface area contributed by atoms with Gasteiger partial charge in [-0.2, -0.15) is 18.3 Å². The molecule has 3 aromatic heterocycles. The average molecular weight is 749 g/mol. The first-order valence-electron chi connectivity index (χ1n) is 17.2. The molecule has 0 saturated heterocycles. The molecule has 15 heteroatoms. The molecule has 2 aromatic carbocycles. The predicted molar refractivity (Wildman–Crippen MR) is 200 cm³/mol. The van der Waals surface area contributed by atoms with Gasteiger partial charge in [-0.25, -0.2) is 19.4 Å². The van der Waals surface area contributed by atoms with Crippen LogP contribution < -0.4 is 26.2 Å². The number of anilines is 2. The summed E-state index contributed by atoms with van der Waals surface area (Å²) in [5.74, 6) is 0.313. The van der Waals surface area contributed by atoms with Gasteiger partial charge in [0, 0.05) is 54.4 Å². The van der Waals surface area contributed by atoms with Crippen LogP contribution in [0.1, 0.15) is 47.7 Å². The van der Waals surface area contributed by atoms with E-state index in [0.29, 0.717) is 45.5 Å². The number of hydrogen-bond donors (Lipinski definition) is 3. The van der Waals surface area contributed by atoms with Crippen LogP contribution in [0.25, 0.3) is 33.2 Å². The molecule has 1 unspecified atom stereocenters. The van der Waals surface area contributed by atoms with Crippen molar-refractivity contribution in [3.8, 4) is 28.3 Å². The summed E-state index contributed by atoms with van der Waals surface area (Å²) in [4.78, 5) is 35.6. The molecule has 6 rings (SSSR count). The highest BCUT2D eigenvalue weighted by atomic mass is 35.5. The molecular weight excluding hydrogens is 709 g/mol. The SMILES string of the molecule is CNC(=O)NCCCCN(C)C1CCc2cc(-c3cccc(-c4cccc(Nc5nc(C(F)(F)F)cc6cnn(C)c(=O)c56)c4C)c3Cl)nc(OC)c21. The Balaban J connectivity index is 1.30. The Morgan fingerprint density at radius 3 is 2.57 bits per heavy atom. The molecule has 1 aliphatic rings. The van der Waals surface area contributed by atoms with Crippen molar-refractivity contribution in [2.24, 2.45) is 7.05 Å². The van der Waals surface area contributed by atoms with E-state index in [4.69, 9.17) is 21.3 Å². The van der Waals surface area contributed by atoms with Crippen molar-refractivity contribution >= 4 is 39.9 Å². The Hall–Kier alpha value is -5.21. The Labute approximate surface area is 309 Å². The third kappa shape index (κ3) is 7.65. The van der Waals surface area contributed by atoms with Gasteiger partial charge in [0.25, 0.3) is 5.56 Å². The van der Waals surface area contributed by atoms with E-state index >= 15 is 0 Å². The van der Waals surface area contributed by atoms with Gasteiger partial charge in [-0.3, -0.25) is 9.69 Å². The van der Waals surface area contributed by atoms with Gasteiger partial charge >= 0.3 is 12.2 Å². The predicted octanol–water partition coefficient (Wildman–Crippen LogP) is 7.42. The Kier molecular flexibility index (Phi) is 10.9. The minimum Gasteiger partial charge on any atom is -0.481 e. The van der Waals surface area contributed by atoms with Crippen LogP contribution in [0.5, 0.6) is 5.88 Å². The Morgan fingerprint density at radius 1 is 1.09 bits per heavy atom. The summed E-state index contributed by atoms with van der Waals surface area (Å²) in [7, 11) is 6.72. The highest BCUT2D eigenvalue weighted by Crippen LogP contribution is 2.45. The van der Waals surface area contributed by atoms with Crippen LogP contribution in [-0.2, 0) is 19.6 Å². The van der Waals surface area contributed by atoms with E-state index in [-0.39, 0.29) is 28.7 Å². The summed E-state index contributed by atoms with van der Waals surface area (Å²) in [5.41, 5.74) is 4.38. The molecule has 0 fully saturated rings. The van der Waals surface area contributed by atoms with E-state index in [1.54, 1.807) is 26.3 Å². The van der Waals surface area contributed by atoms with Crippen molar-refractivity contribution in [2.45, 2.75) is 44.8 Å². The van der Waals surface area contributed by atoms with E-state index in [1.807, 2.05) is 31.2 Å². The monoisotopic (exact) mass is 748 g/mol. The maximum atomic E-state index is 13.8. The normalized spacial score (nSPS) is 14.0. The topological polar surface area (TPSA) is 126 Å². The molecule has 278 valence electrons. The Morgan fingerprint density at radius 2 is 1.83 bits per heavy atom. The number of hydrogen-bond acceptors (Lipinski definition) is 8. The van der Waals surface area contributed by atoms with Crippen LogP contribution in [-0.4, -0.2) is 65.0 Å². The van der Waals surface area contributed by atoms with Crippen molar-refractivity contribution in [3.63, 3.8) is 0 Å². The van der Waals surface area contributed by atoms with Crippen LogP contribution in [0, 0.1) is 6.92 Å². The van der Waals surface area contributed by atoms with E-state index in [0.717, 1.165) is 59.7 Å². The van der Waals surface area contributed by atoms with E-state index < -0.39 is 17.4 Å². The standard InChI is InChI=1S/C38H40ClF3N8O3/c1-21-24(10-9-13-27(21)46-34-32-23(20-45-50(4)36(32)51)19-30(48-34)38(40,41)42)25-11-8-12-26(33(25)39)28-18-22-14-15-29(31(22)35(47-28)53-5)49(3)17-7-6-16-44-37(52)43-2/h8-13,18-20,29H,6-7,14-17H2,1-5H3,(H,46,48)(H2,43,44,52). The largest absolute Gasteiger partial charge is 0.481 e. The van der Waals surface area contributed by atoms with Crippen LogP contribution in [0.3, 0.4) is 0 Å². The molecule has 0 aliphatic heterocycles. The number of nitrogens with zero attached hydrogens (tertiary/aromatic N) is 5. The number of carbonyl (C=O) groups excluding carboxylic acids is 1. The zero-order valence-corrected chi connectivity index (χ0v) is 30.7. The maximum Gasteiger partial charge on any atom is 0.433 e. The molecule has 2 amide bonds. The van der Waals surface area contributed by atoms with E-state index in [9.17, 15) is 22.8 Å². The lowest BCUT2D eigenvalue weighted by molar-refractivity contribution is -0.141. The number of ether oxygens (including phenoxy) is 1. The molecule has 0 spiro atoms. The fraction of sp³-hybridized carbons (Fsp3) is 0.342. The number of carbonyl (C=O) groups is 1. The van der Waals surface area contributed by atoms with Crippen LogP contribution in [0.2, 0.25) is 5.02 Å². The quantitative estimate of drug-likeness (QED) is 0.119. The number of rotatable bonds is 11. The number of pyridine rings is 2. The zero-order chi connectivity index (χ0) is 38.0. The zero-order valence-electron chi connectivity index (χ0n) is 30.0. The number of aryl methyl sites for hydroxylation is 2. The first-order valence-corrected chi connectivity index (χ1v) is 17.5. The van der Waals surface area contributed by atoms with Gasteiger partial charge in [0.1, 0.15) is 11.5 Å². The number of nitrogens with one attached hydrogen (secondary N) is 3. The second-order valence-corrected chi connectivity index (χ2v) is 13.4. The molecule has 53 heavy (non-hydrogen) atoms. The van der Waals surface area contributed by atoms with Gasteiger partial charge in [0.05, 0.1) is 29.4 Å². The minimum atomic E-state index is -4.74. The van der Waals surface area contributed by atoms with Gasteiger partial charge in [-0.15, -0.1) is 0 Å². The van der Waals surface area contributed by atoms with E-state index in [2.05, 4.69) is 44.0 Å². The van der Waals surface area contributed by atoms with Gasteiger partial charge < -0.3 is 20.7 Å². The molecule has 5 aromatic rings. The number of alkyl halides is 3. The first kappa shape index (κ1) is 37.5. The number of urea groups is 1. The highest BCUT2D eigenvalue weighted by Gasteiger charge is 2.34. The fourth-order valence-electron chi connectivity index (χ4n) is 6.87. The van der Waals surface area contributed by atoms with Crippen molar-refractivity contribution in [2.75, 3.05) is 39.6 Å². The second kappa shape index (κ2) is 15.4. The summed E-state index contributed by atoms with van der Waals surface area (Å²) in [6.07, 6.45) is 0.00281. The molecule has 3 N–H and O–H groups in total.